The molecule has 5 aromatic rings. The summed E-state index contributed by atoms with van der Waals surface area (Å²) >= 11 is 3.77. The van der Waals surface area contributed by atoms with Crippen LogP contribution in [0.4, 0.5) is 0 Å². The first kappa shape index (κ1) is 22.9. The van der Waals surface area contributed by atoms with E-state index >= 15 is 0 Å². The molecule has 0 amide bonds. The summed E-state index contributed by atoms with van der Waals surface area (Å²) in [5.41, 5.74) is 6.30. The number of halogens is 1. The van der Waals surface area contributed by atoms with Crippen molar-refractivity contribution < 1.29 is 9.47 Å². The van der Waals surface area contributed by atoms with E-state index in [-0.39, 0.29) is 0 Å². The van der Waals surface area contributed by atoms with E-state index < -0.39 is 0 Å². The summed E-state index contributed by atoms with van der Waals surface area (Å²) in [6, 6.07) is 35.2. The molecular formula is C30H25BrN2O2. The van der Waals surface area contributed by atoms with Gasteiger partial charge >= 0.3 is 0 Å². The van der Waals surface area contributed by atoms with Crippen LogP contribution < -0.4 is 9.47 Å². The quantitative estimate of drug-likeness (QED) is 0.218. The summed E-state index contributed by atoms with van der Waals surface area (Å²) in [6.45, 7) is 0.668. The average molecular weight is 525 g/mol. The molecule has 4 aromatic carbocycles. The van der Waals surface area contributed by atoms with Crippen molar-refractivity contribution in [3.05, 3.63) is 113 Å². The fourth-order valence-corrected chi connectivity index (χ4v) is 4.79. The maximum Gasteiger partial charge on any atom is 0.161 e. The summed E-state index contributed by atoms with van der Waals surface area (Å²) in [6.07, 6.45) is 0. The number of nitrogens with zero attached hydrogens (tertiary/aromatic N) is 2. The third-order valence-electron chi connectivity index (χ3n) is 5.96. The highest BCUT2D eigenvalue weighted by atomic mass is 79.9. The molecule has 0 fully saturated rings. The van der Waals surface area contributed by atoms with Gasteiger partial charge in [0.25, 0.3) is 0 Å². The van der Waals surface area contributed by atoms with Crippen LogP contribution in [0.15, 0.2) is 108 Å². The molecule has 4 nitrogen and oxygen atoms in total. The molecule has 0 radical (unpaired) electrons. The number of ether oxygens (including phenoxy) is 2. The topological polar surface area (TPSA) is 36.3 Å². The lowest BCUT2D eigenvalue weighted by atomic mass is 10.0. The summed E-state index contributed by atoms with van der Waals surface area (Å²) in [7, 11) is 3.29. The van der Waals surface area contributed by atoms with Gasteiger partial charge in [-0.15, -0.1) is 0 Å². The van der Waals surface area contributed by atoms with Crippen molar-refractivity contribution in [3.63, 3.8) is 0 Å². The highest BCUT2D eigenvalue weighted by Crippen LogP contribution is 2.42. The van der Waals surface area contributed by atoms with E-state index in [1.165, 1.54) is 5.56 Å². The van der Waals surface area contributed by atoms with E-state index in [1.807, 2.05) is 42.5 Å². The van der Waals surface area contributed by atoms with Gasteiger partial charge in [-0.05, 0) is 33.6 Å². The standard InChI is InChI=1S/C30H25BrN2O2/c1-34-26-18-24(25(31)19-27(26)35-2)30-32-28(22-14-8-4-9-15-22)29(23-16-10-5-11-17-23)33(30)20-21-12-6-3-7-13-21/h3-19H,20H2,1-2H3. The average Bonchev–Trinajstić information content (AvgIpc) is 3.28. The molecule has 35 heavy (non-hydrogen) atoms. The number of benzene rings is 4. The van der Waals surface area contributed by atoms with Gasteiger partial charge in [-0.2, -0.15) is 0 Å². The Morgan fingerprint density at radius 1 is 0.714 bits per heavy atom. The first-order chi connectivity index (χ1) is 17.2. The van der Waals surface area contributed by atoms with Gasteiger partial charge in [0.1, 0.15) is 5.82 Å². The van der Waals surface area contributed by atoms with Crippen molar-refractivity contribution in [2.75, 3.05) is 14.2 Å². The van der Waals surface area contributed by atoms with Gasteiger partial charge in [0, 0.05) is 27.7 Å². The van der Waals surface area contributed by atoms with Crippen LogP contribution in [0.3, 0.4) is 0 Å². The second kappa shape index (κ2) is 10.2. The Morgan fingerprint density at radius 2 is 1.26 bits per heavy atom. The van der Waals surface area contributed by atoms with Gasteiger partial charge in [-0.3, -0.25) is 0 Å². The van der Waals surface area contributed by atoms with Gasteiger partial charge in [0.2, 0.25) is 0 Å². The van der Waals surface area contributed by atoms with Crippen LogP contribution in [-0.4, -0.2) is 23.8 Å². The molecule has 0 saturated heterocycles. The fraction of sp³-hybridized carbons (Fsp3) is 0.100. The SMILES string of the molecule is COc1cc(Br)c(-c2nc(-c3ccccc3)c(-c3ccccc3)n2Cc2ccccc2)cc1OC. The van der Waals surface area contributed by atoms with Crippen LogP contribution in [-0.2, 0) is 6.54 Å². The van der Waals surface area contributed by atoms with Crippen molar-refractivity contribution in [1.82, 2.24) is 9.55 Å². The van der Waals surface area contributed by atoms with Crippen molar-refractivity contribution in [1.29, 1.82) is 0 Å². The predicted molar refractivity (Wildman–Crippen MR) is 145 cm³/mol. The number of methoxy groups -OCH3 is 2. The van der Waals surface area contributed by atoms with Crippen LogP contribution >= 0.6 is 15.9 Å². The van der Waals surface area contributed by atoms with Crippen LogP contribution in [0.5, 0.6) is 11.5 Å². The van der Waals surface area contributed by atoms with E-state index in [2.05, 4.69) is 81.2 Å². The summed E-state index contributed by atoms with van der Waals surface area (Å²) < 4.78 is 14.3. The molecule has 0 unspecified atom stereocenters. The predicted octanol–water partition coefficient (Wildman–Crippen LogP) is 7.71. The molecule has 0 atom stereocenters. The molecule has 1 heterocycles. The van der Waals surface area contributed by atoms with E-state index in [0.717, 1.165) is 38.4 Å². The lowest BCUT2D eigenvalue weighted by Gasteiger charge is -2.16. The Hall–Kier alpha value is -3.83. The third kappa shape index (κ3) is 4.60. The van der Waals surface area contributed by atoms with Crippen molar-refractivity contribution in [3.8, 4) is 45.4 Å². The van der Waals surface area contributed by atoms with Gasteiger partial charge < -0.3 is 14.0 Å². The van der Waals surface area contributed by atoms with Gasteiger partial charge in [0.15, 0.2) is 11.5 Å². The number of hydrogen-bond donors (Lipinski definition) is 0. The largest absolute Gasteiger partial charge is 0.493 e. The minimum atomic E-state index is 0.655. The van der Waals surface area contributed by atoms with E-state index in [1.54, 1.807) is 14.2 Å². The summed E-state index contributed by atoms with van der Waals surface area (Å²) in [5, 5.41) is 0. The van der Waals surface area contributed by atoms with Crippen LogP contribution in [0, 0.1) is 0 Å². The lowest BCUT2D eigenvalue weighted by molar-refractivity contribution is 0.355. The van der Waals surface area contributed by atoms with E-state index in [0.29, 0.717) is 18.0 Å². The molecule has 0 spiro atoms. The molecule has 5 heteroatoms. The smallest absolute Gasteiger partial charge is 0.161 e. The number of aromatic nitrogens is 2. The summed E-state index contributed by atoms with van der Waals surface area (Å²) in [4.78, 5) is 5.25. The van der Waals surface area contributed by atoms with Crippen molar-refractivity contribution in [2.45, 2.75) is 6.54 Å². The van der Waals surface area contributed by atoms with E-state index in [4.69, 9.17) is 14.5 Å². The minimum Gasteiger partial charge on any atom is -0.493 e. The highest BCUT2D eigenvalue weighted by Gasteiger charge is 2.24. The van der Waals surface area contributed by atoms with Gasteiger partial charge in [-0.1, -0.05) is 91.0 Å². The molecular weight excluding hydrogens is 500 g/mol. The molecule has 0 N–H and O–H groups in total. The zero-order valence-corrected chi connectivity index (χ0v) is 21.2. The number of imidazole rings is 1. The summed E-state index contributed by atoms with van der Waals surface area (Å²) in [5.74, 6) is 2.16. The van der Waals surface area contributed by atoms with Gasteiger partial charge in [0.05, 0.1) is 25.6 Å². The maximum absolute atomic E-state index is 5.63. The molecule has 1 aromatic heterocycles. The van der Waals surface area contributed by atoms with Crippen LogP contribution in [0.25, 0.3) is 33.9 Å². The first-order valence-corrected chi connectivity index (χ1v) is 12.2. The van der Waals surface area contributed by atoms with Crippen molar-refractivity contribution >= 4 is 15.9 Å². The Labute approximate surface area is 213 Å². The lowest BCUT2D eigenvalue weighted by Crippen LogP contribution is -2.05. The normalized spacial score (nSPS) is 10.8. The van der Waals surface area contributed by atoms with Crippen LogP contribution in [0.1, 0.15) is 5.56 Å². The molecule has 0 aliphatic heterocycles. The monoisotopic (exact) mass is 524 g/mol. The second-order valence-electron chi connectivity index (χ2n) is 8.12. The number of rotatable bonds is 7. The van der Waals surface area contributed by atoms with Gasteiger partial charge in [-0.25, -0.2) is 4.98 Å². The Morgan fingerprint density at radius 3 is 1.86 bits per heavy atom. The molecule has 5 rings (SSSR count). The Kier molecular flexibility index (Phi) is 6.68. The second-order valence-corrected chi connectivity index (χ2v) is 8.98. The maximum atomic E-state index is 5.63. The fourth-order valence-electron chi connectivity index (χ4n) is 4.29. The highest BCUT2D eigenvalue weighted by molar-refractivity contribution is 9.10. The third-order valence-corrected chi connectivity index (χ3v) is 6.62. The molecule has 0 saturated carbocycles. The first-order valence-electron chi connectivity index (χ1n) is 11.4. The molecule has 174 valence electrons. The molecule has 0 bridgehead atoms. The van der Waals surface area contributed by atoms with E-state index in [9.17, 15) is 0 Å². The Bertz CT molecular complexity index is 1430. The Balaban J connectivity index is 1.83. The minimum absolute atomic E-state index is 0.655. The zero-order valence-electron chi connectivity index (χ0n) is 19.6. The van der Waals surface area contributed by atoms with Crippen molar-refractivity contribution in [2.24, 2.45) is 0 Å². The zero-order chi connectivity index (χ0) is 24.2. The molecule has 0 aliphatic carbocycles. The molecule has 0 aliphatic rings. The number of hydrogen-bond acceptors (Lipinski definition) is 3. The van der Waals surface area contributed by atoms with Crippen LogP contribution in [0.2, 0.25) is 0 Å².